The monoisotopic (exact) mass is 384 g/mol. The largest absolute Gasteiger partial charge is 0.508 e. The van der Waals surface area contributed by atoms with E-state index in [4.69, 9.17) is 5.73 Å². The number of primary amides is 1. The molecule has 0 saturated carbocycles. The molecule has 0 spiro atoms. The summed E-state index contributed by atoms with van der Waals surface area (Å²) in [6.45, 7) is 1.82. The number of urea groups is 1. The highest BCUT2D eigenvalue weighted by atomic mass is 16.3. The second-order valence-corrected chi connectivity index (χ2v) is 6.35. The number of hydrogen-bond donors (Lipinski definition) is 5. The van der Waals surface area contributed by atoms with Crippen LogP contribution in [0, 0.1) is 0 Å². The molecule has 8 heteroatoms. The van der Waals surface area contributed by atoms with E-state index >= 15 is 0 Å². The van der Waals surface area contributed by atoms with Gasteiger partial charge in [0.15, 0.2) is 0 Å². The van der Waals surface area contributed by atoms with E-state index < -0.39 is 12.1 Å². The van der Waals surface area contributed by atoms with E-state index in [-0.39, 0.29) is 24.0 Å². The highest BCUT2D eigenvalue weighted by Crippen LogP contribution is 2.12. The first-order valence-electron chi connectivity index (χ1n) is 8.81. The van der Waals surface area contributed by atoms with Crippen molar-refractivity contribution < 1.29 is 19.5 Å². The lowest BCUT2D eigenvalue weighted by molar-refractivity contribution is -0.122. The van der Waals surface area contributed by atoms with Crippen LogP contribution in [0.15, 0.2) is 48.5 Å². The Morgan fingerprint density at radius 2 is 1.61 bits per heavy atom. The van der Waals surface area contributed by atoms with Crippen molar-refractivity contribution in [1.29, 1.82) is 0 Å². The minimum atomic E-state index is -0.816. The summed E-state index contributed by atoms with van der Waals surface area (Å²) in [5.74, 6) is -0.361. The number of carbonyl (C=O) groups is 3. The number of rotatable bonds is 8. The van der Waals surface area contributed by atoms with Gasteiger partial charge in [-0.25, -0.2) is 4.79 Å². The third-order valence-electron chi connectivity index (χ3n) is 4.00. The molecule has 0 aliphatic carbocycles. The second kappa shape index (κ2) is 9.96. The topological polar surface area (TPSA) is 134 Å². The molecule has 6 N–H and O–H groups in total. The van der Waals surface area contributed by atoms with Crippen molar-refractivity contribution in [1.82, 2.24) is 10.6 Å². The number of hydrogen-bond acceptors (Lipinski definition) is 4. The Morgan fingerprint density at radius 1 is 1.00 bits per heavy atom. The second-order valence-electron chi connectivity index (χ2n) is 6.35. The molecule has 8 nitrogen and oxygen atoms in total. The molecular formula is C20H24N4O4. The van der Waals surface area contributed by atoms with Gasteiger partial charge >= 0.3 is 6.03 Å². The molecule has 0 fully saturated rings. The molecule has 0 saturated heterocycles. The molecule has 2 aromatic rings. The molecule has 0 bridgehead atoms. The van der Waals surface area contributed by atoms with Gasteiger partial charge in [0, 0.05) is 25.6 Å². The Balaban J connectivity index is 1.89. The van der Waals surface area contributed by atoms with Crippen LogP contribution >= 0.6 is 0 Å². The van der Waals surface area contributed by atoms with Crippen LogP contribution in [-0.4, -0.2) is 35.5 Å². The Bertz CT molecular complexity index is 819. The summed E-state index contributed by atoms with van der Waals surface area (Å²) < 4.78 is 0. The van der Waals surface area contributed by atoms with Gasteiger partial charge < -0.3 is 26.8 Å². The van der Waals surface area contributed by atoms with Crippen molar-refractivity contribution in [3.63, 3.8) is 0 Å². The summed E-state index contributed by atoms with van der Waals surface area (Å²) in [5.41, 5.74) is 7.66. The van der Waals surface area contributed by atoms with E-state index in [1.165, 1.54) is 19.1 Å². The van der Waals surface area contributed by atoms with Crippen molar-refractivity contribution in [2.45, 2.75) is 25.8 Å². The van der Waals surface area contributed by atoms with Gasteiger partial charge in [0.1, 0.15) is 11.8 Å². The van der Waals surface area contributed by atoms with E-state index in [1.807, 2.05) is 12.1 Å². The van der Waals surface area contributed by atoms with Crippen LogP contribution in [-0.2, 0) is 22.4 Å². The first kappa shape index (κ1) is 20.8. The lowest BCUT2D eigenvalue weighted by Gasteiger charge is -2.17. The van der Waals surface area contributed by atoms with Gasteiger partial charge in [-0.3, -0.25) is 9.59 Å². The summed E-state index contributed by atoms with van der Waals surface area (Å²) in [4.78, 5) is 34.7. The van der Waals surface area contributed by atoms with Gasteiger partial charge in [0.05, 0.1) is 0 Å². The van der Waals surface area contributed by atoms with Crippen LogP contribution in [0.4, 0.5) is 10.5 Å². The number of carbonyl (C=O) groups excluding carboxylic acids is 3. The molecule has 4 amide bonds. The summed E-state index contributed by atoms with van der Waals surface area (Å²) in [6, 6.07) is 12.1. The zero-order chi connectivity index (χ0) is 20.5. The third-order valence-corrected chi connectivity index (χ3v) is 4.00. The van der Waals surface area contributed by atoms with Crippen molar-refractivity contribution in [3.05, 3.63) is 59.7 Å². The average molecular weight is 384 g/mol. The molecule has 0 aromatic heterocycles. The predicted octanol–water partition coefficient (Wildman–Crippen LogP) is 1.29. The maximum absolute atomic E-state index is 12.4. The molecule has 0 aliphatic rings. The SMILES string of the molecule is CC(=O)Nc1ccc(CCNC(=O)[C@H](Cc2ccc(O)cc2)NC(N)=O)cc1. The molecule has 0 radical (unpaired) electrons. The molecular weight excluding hydrogens is 360 g/mol. The van der Waals surface area contributed by atoms with Gasteiger partial charge in [-0.1, -0.05) is 24.3 Å². The molecule has 2 aromatic carbocycles. The smallest absolute Gasteiger partial charge is 0.312 e. The number of amides is 4. The first-order valence-corrected chi connectivity index (χ1v) is 8.81. The Morgan fingerprint density at radius 3 is 2.18 bits per heavy atom. The summed E-state index contributed by atoms with van der Waals surface area (Å²) in [6.07, 6.45) is 0.842. The lowest BCUT2D eigenvalue weighted by Crippen LogP contribution is -2.50. The fraction of sp³-hybridized carbons (Fsp3) is 0.250. The molecule has 28 heavy (non-hydrogen) atoms. The number of benzene rings is 2. The average Bonchev–Trinajstić information content (AvgIpc) is 2.63. The number of nitrogens with one attached hydrogen (secondary N) is 3. The van der Waals surface area contributed by atoms with E-state index in [0.717, 1.165) is 11.1 Å². The van der Waals surface area contributed by atoms with Gasteiger partial charge in [0.25, 0.3) is 0 Å². The van der Waals surface area contributed by atoms with Gasteiger partial charge in [0.2, 0.25) is 11.8 Å². The maximum atomic E-state index is 12.4. The third kappa shape index (κ3) is 6.99. The maximum Gasteiger partial charge on any atom is 0.312 e. The van der Waals surface area contributed by atoms with E-state index in [2.05, 4.69) is 16.0 Å². The van der Waals surface area contributed by atoms with Crippen LogP contribution in [0.2, 0.25) is 0 Å². The normalized spacial score (nSPS) is 11.3. The first-order chi connectivity index (χ1) is 13.3. The van der Waals surface area contributed by atoms with Crippen LogP contribution in [0.1, 0.15) is 18.1 Å². The summed E-state index contributed by atoms with van der Waals surface area (Å²) in [5, 5.41) is 17.3. The number of phenols is 1. The number of aromatic hydroxyl groups is 1. The molecule has 2 rings (SSSR count). The molecule has 0 heterocycles. The highest BCUT2D eigenvalue weighted by molar-refractivity contribution is 5.88. The van der Waals surface area contributed by atoms with Crippen LogP contribution in [0.25, 0.3) is 0 Å². The Hall–Kier alpha value is -3.55. The van der Waals surface area contributed by atoms with E-state index in [1.54, 1.807) is 24.3 Å². The molecule has 148 valence electrons. The van der Waals surface area contributed by atoms with E-state index in [0.29, 0.717) is 18.7 Å². The summed E-state index contributed by atoms with van der Waals surface area (Å²) in [7, 11) is 0. The minimum absolute atomic E-state index is 0.122. The minimum Gasteiger partial charge on any atom is -0.508 e. The van der Waals surface area contributed by atoms with Crippen molar-refractivity contribution >= 4 is 23.5 Å². The Labute approximate surface area is 163 Å². The fourth-order valence-corrected chi connectivity index (χ4v) is 2.66. The zero-order valence-corrected chi connectivity index (χ0v) is 15.6. The van der Waals surface area contributed by atoms with Crippen LogP contribution in [0.5, 0.6) is 5.75 Å². The zero-order valence-electron chi connectivity index (χ0n) is 15.6. The predicted molar refractivity (Wildman–Crippen MR) is 106 cm³/mol. The van der Waals surface area contributed by atoms with Crippen LogP contribution < -0.4 is 21.7 Å². The number of phenolic OH excluding ortho intramolecular Hbond substituents is 1. The van der Waals surface area contributed by atoms with Crippen molar-refractivity contribution in [2.24, 2.45) is 5.73 Å². The van der Waals surface area contributed by atoms with Gasteiger partial charge in [-0.15, -0.1) is 0 Å². The van der Waals surface area contributed by atoms with Crippen LogP contribution in [0.3, 0.4) is 0 Å². The lowest BCUT2D eigenvalue weighted by atomic mass is 10.0. The fourth-order valence-electron chi connectivity index (χ4n) is 2.66. The van der Waals surface area contributed by atoms with E-state index in [9.17, 15) is 19.5 Å². The molecule has 1 atom stereocenters. The number of nitrogens with two attached hydrogens (primary N) is 1. The van der Waals surface area contributed by atoms with Gasteiger partial charge in [-0.2, -0.15) is 0 Å². The number of anilines is 1. The van der Waals surface area contributed by atoms with Gasteiger partial charge in [-0.05, 0) is 41.8 Å². The Kier molecular flexibility index (Phi) is 7.38. The quantitative estimate of drug-likeness (QED) is 0.469. The molecule has 0 unspecified atom stereocenters. The highest BCUT2D eigenvalue weighted by Gasteiger charge is 2.20. The molecule has 0 aliphatic heterocycles. The summed E-state index contributed by atoms with van der Waals surface area (Å²) >= 11 is 0. The van der Waals surface area contributed by atoms with Crippen molar-refractivity contribution in [3.8, 4) is 5.75 Å². The standard InChI is InChI=1S/C20H24N4O4/c1-13(25)23-16-6-2-14(3-7-16)10-11-22-19(27)18(24-20(21)28)12-15-4-8-17(26)9-5-15/h2-9,18,26H,10-12H2,1H3,(H,22,27)(H,23,25)(H3,21,24,28)/t18-/m0/s1. The van der Waals surface area contributed by atoms with Crippen molar-refractivity contribution in [2.75, 3.05) is 11.9 Å².